The molecule has 6 heteroatoms. The van der Waals surface area contributed by atoms with Crippen LogP contribution in [0.2, 0.25) is 0 Å². The van der Waals surface area contributed by atoms with Crippen LogP contribution in [0, 0.1) is 5.92 Å². The number of carbonyl (C=O) groups is 2. The van der Waals surface area contributed by atoms with Gasteiger partial charge in [0.15, 0.2) is 0 Å². The molecule has 3 N–H and O–H groups in total. The van der Waals surface area contributed by atoms with Gasteiger partial charge in [-0.2, -0.15) is 0 Å². The van der Waals surface area contributed by atoms with Crippen LogP contribution in [0.3, 0.4) is 0 Å². The summed E-state index contributed by atoms with van der Waals surface area (Å²) in [6.07, 6.45) is 8.08. The van der Waals surface area contributed by atoms with E-state index in [-0.39, 0.29) is 29.3 Å². The Balaban J connectivity index is 1.52. The normalized spacial score (nSPS) is 26.8. The van der Waals surface area contributed by atoms with E-state index in [9.17, 15) is 14.7 Å². The highest BCUT2D eigenvalue weighted by molar-refractivity contribution is 5.94. The number of aliphatic hydroxyl groups excluding tert-OH is 1. The first-order chi connectivity index (χ1) is 12.2. The van der Waals surface area contributed by atoms with E-state index in [4.69, 9.17) is 0 Å². The molecule has 0 bridgehead atoms. The van der Waals surface area contributed by atoms with Gasteiger partial charge in [0.05, 0.1) is 17.7 Å². The summed E-state index contributed by atoms with van der Waals surface area (Å²) in [6.45, 7) is 6.23. The number of hydrogen-bond acceptors (Lipinski definition) is 3. The highest BCUT2D eigenvalue weighted by Gasteiger charge is 2.35. The van der Waals surface area contributed by atoms with Crippen LogP contribution in [0.1, 0.15) is 69.7 Å². The van der Waals surface area contributed by atoms with Crippen LogP contribution in [0.15, 0.2) is 18.5 Å². The van der Waals surface area contributed by atoms with Crippen LogP contribution >= 0.6 is 0 Å². The third-order valence-electron chi connectivity index (χ3n) is 5.69. The van der Waals surface area contributed by atoms with Gasteiger partial charge in [-0.1, -0.05) is 0 Å². The van der Waals surface area contributed by atoms with Gasteiger partial charge in [0.25, 0.3) is 5.91 Å². The molecule has 144 valence electrons. The quantitative estimate of drug-likeness (QED) is 0.768. The van der Waals surface area contributed by atoms with Crippen molar-refractivity contribution in [2.24, 2.45) is 5.92 Å². The van der Waals surface area contributed by atoms with E-state index >= 15 is 0 Å². The maximum atomic E-state index is 12.5. The van der Waals surface area contributed by atoms with Crippen molar-refractivity contribution in [1.29, 1.82) is 0 Å². The molecule has 6 nitrogen and oxygen atoms in total. The third kappa shape index (κ3) is 4.29. The summed E-state index contributed by atoms with van der Waals surface area (Å²) in [5.74, 6) is -0.268. The Labute approximate surface area is 155 Å². The molecule has 26 heavy (non-hydrogen) atoms. The van der Waals surface area contributed by atoms with Gasteiger partial charge in [-0.25, -0.2) is 0 Å². The van der Waals surface area contributed by atoms with Gasteiger partial charge < -0.3 is 20.3 Å². The summed E-state index contributed by atoms with van der Waals surface area (Å²) in [7, 11) is 0. The van der Waals surface area contributed by atoms with Crippen molar-refractivity contribution in [2.45, 2.75) is 83.0 Å². The molecule has 2 aliphatic carbocycles. The van der Waals surface area contributed by atoms with Crippen molar-refractivity contribution in [3.8, 4) is 0 Å². The summed E-state index contributed by atoms with van der Waals surface area (Å²) in [5.41, 5.74) is 0.515. The molecular formula is C20H31N3O3. The second kappa shape index (κ2) is 7.43. The van der Waals surface area contributed by atoms with Crippen LogP contribution < -0.4 is 10.6 Å². The molecular weight excluding hydrogens is 330 g/mol. The minimum atomic E-state index is -0.686. The van der Waals surface area contributed by atoms with Crippen molar-refractivity contribution in [2.75, 3.05) is 0 Å². The Hall–Kier alpha value is -1.82. The van der Waals surface area contributed by atoms with E-state index in [1.165, 1.54) is 6.42 Å². The molecule has 0 spiro atoms. The number of aliphatic hydroxyl groups is 1. The number of aromatic nitrogens is 1. The molecule has 2 amide bonds. The number of nitrogens with one attached hydrogen (secondary N) is 2. The van der Waals surface area contributed by atoms with Crippen LogP contribution in [0.5, 0.6) is 0 Å². The van der Waals surface area contributed by atoms with Gasteiger partial charge in [-0.15, -0.1) is 0 Å². The first kappa shape index (κ1) is 19.0. The number of nitrogens with zero attached hydrogens (tertiary/aromatic N) is 1. The van der Waals surface area contributed by atoms with Crippen molar-refractivity contribution in [1.82, 2.24) is 15.2 Å². The first-order valence-electron chi connectivity index (χ1n) is 9.72. The molecule has 0 saturated heterocycles. The lowest BCUT2D eigenvalue weighted by Crippen LogP contribution is -2.50. The zero-order chi connectivity index (χ0) is 18.9. The average Bonchev–Trinajstić information content (AvgIpc) is 3.03. The zero-order valence-electron chi connectivity index (χ0n) is 16.0. The molecule has 0 unspecified atom stereocenters. The van der Waals surface area contributed by atoms with Crippen molar-refractivity contribution >= 4 is 11.8 Å². The van der Waals surface area contributed by atoms with E-state index < -0.39 is 6.10 Å². The molecule has 0 aliphatic heterocycles. The van der Waals surface area contributed by atoms with E-state index in [1.807, 2.05) is 17.0 Å². The summed E-state index contributed by atoms with van der Waals surface area (Å²) < 4.78 is 2.00. The molecule has 3 atom stereocenters. The lowest BCUT2D eigenvalue weighted by Gasteiger charge is -2.35. The second-order valence-electron chi connectivity index (χ2n) is 8.77. The molecule has 1 heterocycles. The minimum absolute atomic E-state index is 0.0563. The van der Waals surface area contributed by atoms with E-state index in [2.05, 4.69) is 31.4 Å². The molecule has 1 aromatic rings. The number of carbonyl (C=O) groups excluding carboxylic acids is 2. The molecule has 2 aliphatic rings. The lowest BCUT2D eigenvalue weighted by atomic mass is 9.82. The summed E-state index contributed by atoms with van der Waals surface area (Å²) in [6, 6.07) is 1.82. The van der Waals surface area contributed by atoms with Gasteiger partial charge in [0, 0.05) is 29.9 Å². The SMILES string of the molecule is CC(C)(C)n1ccc(C(=O)N[C@H]2CC[C@H](C(=O)NC3CCC3)C[C@@H]2O)c1. The van der Waals surface area contributed by atoms with Crippen molar-refractivity contribution < 1.29 is 14.7 Å². The fourth-order valence-corrected chi connectivity index (χ4v) is 3.62. The van der Waals surface area contributed by atoms with Gasteiger partial charge in [0.1, 0.15) is 0 Å². The number of hydrogen-bond donors (Lipinski definition) is 3. The molecule has 0 aromatic carbocycles. The van der Waals surface area contributed by atoms with Crippen LogP contribution in [0.25, 0.3) is 0 Å². The van der Waals surface area contributed by atoms with Crippen molar-refractivity contribution in [3.63, 3.8) is 0 Å². The van der Waals surface area contributed by atoms with E-state index in [1.54, 1.807) is 6.07 Å². The Morgan fingerprint density at radius 2 is 1.88 bits per heavy atom. The van der Waals surface area contributed by atoms with Gasteiger partial charge in [-0.05, 0) is 65.4 Å². The van der Waals surface area contributed by atoms with Crippen LogP contribution in [-0.4, -0.2) is 39.7 Å². The van der Waals surface area contributed by atoms with Gasteiger partial charge in [-0.3, -0.25) is 9.59 Å². The van der Waals surface area contributed by atoms with Crippen LogP contribution in [0.4, 0.5) is 0 Å². The topological polar surface area (TPSA) is 83.4 Å². The van der Waals surface area contributed by atoms with Gasteiger partial charge in [0.2, 0.25) is 5.91 Å². The maximum absolute atomic E-state index is 12.5. The van der Waals surface area contributed by atoms with Gasteiger partial charge >= 0.3 is 0 Å². The standard InChI is InChI=1S/C20H31N3O3/c1-20(2,3)23-10-9-14(12-23)19(26)22-16-8-7-13(11-17(16)24)18(25)21-15-5-4-6-15/h9-10,12-13,15-17,24H,4-8,11H2,1-3H3,(H,21,25)(H,22,26)/t13-,16-,17-/m0/s1. The third-order valence-corrected chi connectivity index (χ3v) is 5.69. The zero-order valence-corrected chi connectivity index (χ0v) is 16.0. The highest BCUT2D eigenvalue weighted by atomic mass is 16.3. The Morgan fingerprint density at radius 1 is 1.15 bits per heavy atom. The maximum Gasteiger partial charge on any atom is 0.253 e. The number of amides is 2. The first-order valence-corrected chi connectivity index (χ1v) is 9.72. The molecule has 2 fully saturated rings. The lowest BCUT2D eigenvalue weighted by molar-refractivity contribution is -0.128. The predicted molar refractivity (Wildman–Crippen MR) is 99.8 cm³/mol. The smallest absolute Gasteiger partial charge is 0.253 e. The fraction of sp³-hybridized carbons (Fsp3) is 0.700. The summed E-state index contributed by atoms with van der Waals surface area (Å²) in [4.78, 5) is 24.8. The fourth-order valence-electron chi connectivity index (χ4n) is 3.62. The van der Waals surface area contributed by atoms with Crippen LogP contribution in [-0.2, 0) is 10.3 Å². The summed E-state index contributed by atoms with van der Waals surface area (Å²) >= 11 is 0. The molecule has 2 saturated carbocycles. The molecule has 1 aromatic heterocycles. The Bertz CT molecular complexity index is 658. The Kier molecular flexibility index (Phi) is 5.42. The number of rotatable bonds is 4. The predicted octanol–water partition coefficient (Wildman–Crippen LogP) is 2.17. The summed E-state index contributed by atoms with van der Waals surface area (Å²) in [5, 5.41) is 16.4. The molecule has 3 rings (SSSR count). The van der Waals surface area contributed by atoms with E-state index in [0.717, 1.165) is 12.8 Å². The average molecular weight is 361 g/mol. The highest BCUT2D eigenvalue weighted by Crippen LogP contribution is 2.27. The molecule has 0 radical (unpaired) electrons. The second-order valence-corrected chi connectivity index (χ2v) is 8.77. The largest absolute Gasteiger partial charge is 0.391 e. The van der Waals surface area contributed by atoms with E-state index in [0.29, 0.717) is 30.9 Å². The minimum Gasteiger partial charge on any atom is -0.391 e. The monoisotopic (exact) mass is 361 g/mol. The Morgan fingerprint density at radius 3 is 2.42 bits per heavy atom. The van der Waals surface area contributed by atoms with Crippen molar-refractivity contribution in [3.05, 3.63) is 24.0 Å².